The SMILES string of the molecule is O=C(NCc1ccccn1)C(=O)Nc1cnn(Cc2ccc(Cl)cc2Cl)c1. The number of anilines is 1. The zero-order chi connectivity index (χ0) is 19.2. The average molecular weight is 404 g/mol. The van der Waals surface area contributed by atoms with Gasteiger partial charge in [-0.05, 0) is 29.8 Å². The molecule has 27 heavy (non-hydrogen) atoms. The van der Waals surface area contributed by atoms with E-state index in [1.807, 2.05) is 0 Å². The fraction of sp³-hybridized carbons (Fsp3) is 0.111. The number of pyridine rings is 1. The van der Waals surface area contributed by atoms with Gasteiger partial charge in [-0.15, -0.1) is 0 Å². The summed E-state index contributed by atoms with van der Waals surface area (Å²) in [5, 5.41) is 10.2. The number of carbonyl (C=O) groups excluding carboxylic acids is 2. The summed E-state index contributed by atoms with van der Waals surface area (Å²) >= 11 is 12.0. The van der Waals surface area contributed by atoms with Crippen LogP contribution in [-0.4, -0.2) is 26.6 Å². The van der Waals surface area contributed by atoms with E-state index in [2.05, 4.69) is 20.7 Å². The summed E-state index contributed by atoms with van der Waals surface area (Å²) in [6.07, 6.45) is 4.67. The van der Waals surface area contributed by atoms with Gasteiger partial charge in [0.1, 0.15) is 0 Å². The van der Waals surface area contributed by atoms with E-state index in [9.17, 15) is 9.59 Å². The van der Waals surface area contributed by atoms with E-state index in [0.717, 1.165) is 5.56 Å². The van der Waals surface area contributed by atoms with E-state index in [1.165, 1.54) is 6.20 Å². The van der Waals surface area contributed by atoms with Crippen LogP contribution in [0.1, 0.15) is 11.3 Å². The zero-order valence-corrected chi connectivity index (χ0v) is 15.5. The van der Waals surface area contributed by atoms with Crippen LogP contribution in [-0.2, 0) is 22.7 Å². The summed E-state index contributed by atoms with van der Waals surface area (Å²) in [7, 11) is 0. The van der Waals surface area contributed by atoms with Crippen LogP contribution in [0.15, 0.2) is 55.0 Å². The topological polar surface area (TPSA) is 88.9 Å². The van der Waals surface area contributed by atoms with Gasteiger partial charge in [0.2, 0.25) is 0 Å². The monoisotopic (exact) mass is 403 g/mol. The molecule has 3 aromatic rings. The highest BCUT2D eigenvalue weighted by molar-refractivity contribution is 6.39. The number of aromatic nitrogens is 3. The van der Waals surface area contributed by atoms with Crippen LogP contribution in [0.25, 0.3) is 0 Å². The minimum Gasteiger partial charge on any atom is -0.342 e. The molecule has 0 aliphatic heterocycles. The van der Waals surface area contributed by atoms with Crippen molar-refractivity contribution in [2.45, 2.75) is 13.1 Å². The molecule has 0 aliphatic carbocycles. The van der Waals surface area contributed by atoms with Crippen LogP contribution in [0.4, 0.5) is 5.69 Å². The number of amides is 2. The molecule has 0 saturated carbocycles. The van der Waals surface area contributed by atoms with E-state index in [4.69, 9.17) is 23.2 Å². The Kier molecular flexibility index (Phi) is 6.05. The van der Waals surface area contributed by atoms with E-state index in [0.29, 0.717) is 28.0 Å². The maximum Gasteiger partial charge on any atom is 0.313 e. The Hall–Kier alpha value is -2.90. The fourth-order valence-corrected chi connectivity index (χ4v) is 2.75. The van der Waals surface area contributed by atoms with Crippen molar-refractivity contribution in [3.8, 4) is 0 Å². The molecule has 0 fully saturated rings. The van der Waals surface area contributed by atoms with Crippen molar-refractivity contribution in [3.05, 3.63) is 76.3 Å². The first kappa shape index (κ1) is 18.9. The summed E-state index contributed by atoms with van der Waals surface area (Å²) in [5.74, 6) is -1.54. The lowest BCUT2D eigenvalue weighted by molar-refractivity contribution is -0.136. The van der Waals surface area contributed by atoms with Crippen LogP contribution in [0.3, 0.4) is 0 Å². The highest BCUT2D eigenvalue weighted by atomic mass is 35.5. The van der Waals surface area contributed by atoms with Crippen molar-refractivity contribution < 1.29 is 9.59 Å². The number of halogens is 2. The predicted molar refractivity (Wildman–Crippen MR) is 103 cm³/mol. The lowest BCUT2D eigenvalue weighted by Crippen LogP contribution is -2.35. The molecule has 0 aliphatic rings. The lowest BCUT2D eigenvalue weighted by atomic mass is 10.2. The molecule has 2 amide bonds. The first-order valence-corrected chi connectivity index (χ1v) is 8.72. The molecule has 1 aromatic carbocycles. The number of hydrogen-bond donors (Lipinski definition) is 2. The Morgan fingerprint density at radius 2 is 1.96 bits per heavy atom. The van der Waals surface area contributed by atoms with Gasteiger partial charge in [0.25, 0.3) is 0 Å². The van der Waals surface area contributed by atoms with Crippen molar-refractivity contribution in [2.24, 2.45) is 0 Å². The second-order valence-corrected chi connectivity index (χ2v) is 6.46. The second-order valence-electron chi connectivity index (χ2n) is 5.62. The Morgan fingerprint density at radius 3 is 2.70 bits per heavy atom. The molecule has 0 bridgehead atoms. The van der Waals surface area contributed by atoms with E-state index in [1.54, 1.807) is 53.5 Å². The standard InChI is InChI=1S/C18H15Cl2N5O2/c19-13-5-4-12(16(20)7-13)10-25-11-15(9-23-25)24-18(27)17(26)22-8-14-3-1-2-6-21-14/h1-7,9,11H,8,10H2,(H,22,26)(H,24,27). The first-order valence-electron chi connectivity index (χ1n) is 7.97. The summed E-state index contributed by atoms with van der Waals surface area (Å²) in [6, 6.07) is 10.5. The third-order valence-corrected chi connectivity index (χ3v) is 4.19. The van der Waals surface area contributed by atoms with Crippen molar-refractivity contribution in [1.82, 2.24) is 20.1 Å². The van der Waals surface area contributed by atoms with Gasteiger partial charge in [0.15, 0.2) is 0 Å². The third kappa shape index (κ3) is 5.29. The van der Waals surface area contributed by atoms with Gasteiger partial charge >= 0.3 is 11.8 Å². The van der Waals surface area contributed by atoms with Crippen molar-refractivity contribution in [1.29, 1.82) is 0 Å². The van der Waals surface area contributed by atoms with E-state index < -0.39 is 11.8 Å². The largest absolute Gasteiger partial charge is 0.342 e. The number of nitrogens with one attached hydrogen (secondary N) is 2. The zero-order valence-electron chi connectivity index (χ0n) is 14.0. The van der Waals surface area contributed by atoms with Gasteiger partial charge in [0, 0.05) is 22.4 Å². The Balaban J connectivity index is 1.55. The highest BCUT2D eigenvalue weighted by Gasteiger charge is 2.14. The number of rotatable bonds is 5. The molecular weight excluding hydrogens is 389 g/mol. The molecule has 2 heterocycles. The normalized spacial score (nSPS) is 10.4. The van der Waals surface area contributed by atoms with Crippen LogP contribution in [0.2, 0.25) is 10.0 Å². The molecule has 0 atom stereocenters. The third-order valence-electron chi connectivity index (χ3n) is 3.60. The molecule has 3 rings (SSSR count). The van der Waals surface area contributed by atoms with Gasteiger partial charge in [-0.2, -0.15) is 5.10 Å². The first-order chi connectivity index (χ1) is 13.0. The average Bonchev–Trinajstić information content (AvgIpc) is 3.10. The molecule has 2 aromatic heterocycles. The summed E-state index contributed by atoms with van der Waals surface area (Å²) in [4.78, 5) is 27.9. The molecule has 2 N–H and O–H groups in total. The van der Waals surface area contributed by atoms with Gasteiger partial charge in [-0.1, -0.05) is 35.3 Å². The summed E-state index contributed by atoms with van der Waals surface area (Å²) in [6.45, 7) is 0.569. The number of nitrogens with zero attached hydrogens (tertiary/aromatic N) is 3. The molecule has 9 heteroatoms. The smallest absolute Gasteiger partial charge is 0.313 e. The van der Waals surface area contributed by atoms with Gasteiger partial charge in [-0.3, -0.25) is 19.3 Å². The Labute approximate surface area is 165 Å². The van der Waals surface area contributed by atoms with Crippen molar-refractivity contribution >= 4 is 40.7 Å². The summed E-state index contributed by atoms with van der Waals surface area (Å²) < 4.78 is 1.59. The van der Waals surface area contributed by atoms with Gasteiger partial charge in [0.05, 0.1) is 30.7 Å². The van der Waals surface area contributed by atoms with Crippen LogP contribution >= 0.6 is 23.2 Å². The van der Waals surface area contributed by atoms with Gasteiger partial charge < -0.3 is 10.6 Å². The maximum absolute atomic E-state index is 12.0. The second kappa shape index (κ2) is 8.66. The molecular formula is C18H15Cl2N5O2. The Bertz CT molecular complexity index is 959. The maximum atomic E-state index is 12.0. The molecule has 7 nitrogen and oxygen atoms in total. The molecule has 0 saturated heterocycles. The quantitative estimate of drug-likeness (QED) is 0.640. The van der Waals surface area contributed by atoms with Crippen LogP contribution in [0, 0.1) is 0 Å². The van der Waals surface area contributed by atoms with Crippen molar-refractivity contribution in [2.75, 3.05) is 5.32 Å². The molecule has 0 unspecified atom stereocenters. The highest BCUT2D eigenvalue weighted by Crippen LogP contribution is 2.22. The van der Waals surface area contributed by atoms with E-state index >= 15 is 0 Å². The Morgan fingerprint density at radius 1 is 1.11 bits per heavy atom. The molecule has 0 radical (unpaired) electrons. The van der Waals surface area contributed by atoms with Crippen molar-refractivity contribution in [3.63, 3.8) is 0 Å². The minimum absolute atomic E-state index is 0.168. The van der Waals surface area contributed by atoms with Crippen LogP contribution in [0.5, 0.6) is 0 Å². The molecule has 0 spiro atoms. The van der Waals surface area contributed by atoms with Crippen LogP contribution < -0.4 is 10.6 Å². The summed E-state index contributed by atoms with van der Waals surface area (Å²) in [5.41, 5.74) is 1.89. The minimum atomic E-state index is -0.782. The number of hydrogen-bond acceptors (Lipinski definition) is 4. The lowest BCUT2D eigenvalue weighted by Gasteiger charge is -2.05. The van der Waals surface area contributed by atoms with E-state index in [-0.39, 0.29) is 6.54 Å². The predicted octanol–water partition coefficient (Wildman–Crippen LogP) is 2.89. The number of carbonyl (C=O) groups is 2. The fourth-order valence-electron chi connectivity index (χ4n) is 2.28. The van der Waals surface area contributed by atoms with Gasteiger partial charge in [-0.25, -0.2) is 0 Å². The molecule has 138 valence electrons. The number of benzene rings is 1.